The van der Waals surface area contributed by atoms with Crippen molar-refractivity contribution in [2.24, 2.45) is 0 Å². The zero-order chi connectivity index (χ0) is 15.1. The maximum Gasteiger partial charge on any atom is 0.323 e. The maximum atomic E-state index is 11.3. The summed E-state index contributed by atoms with van der Waals surface area (Å²) in [5.74, 6) is 0. The van der Waals surface area contributed by atoms with Gasteiger partial charge in [0.25, 0.3) is 0 Å². The number of nitrogens with one attached hydrogen (secondary N) is 2. The normalized spacial score (nSPS) is 12.8. The van der Waals surface area contributed by atoms with Gasteiger partial charge in [-0.2, -0.15) is 0 Å². The van der Waals surface area contributed by atoms with E-state index in [1.807, 2.05) is 6.07 Å². The Kier molecular flexibility index (Phi) is 3.96. The molecule has 21 heavy (non-hydrogen) atoms. The molecule has 1 atom stereocenters. The molecule has 3 aromatic rings. The van der Waals surface area contributed by atoms with Crippen molar-refractivity contribution in [2.75, 3.05) is 0 Å². The van der Waals surface area contributed by atoms with Crippen LogP contribution in [0.2, 0.25) is 5.02 Å². The second kappa shape index (κ2) is 5.61. The summed E-state index contributed by atoms with van der Waals surface area (Å²) >= 11 is 12.9. The molecule has 1 aromatic heterocycles. The van der Waals surface area contributed by atoms with Crippen LogP contribution in [0.5, 0.6) is 0 Å². The monoisotopic (exact) mass is 430 g/mol. The van der Waals surface area contributed by atoms with Crippen molar-refractivity contribution in [1.29, 1.82) is 0 Å². The first kappa shape index (κ1) is 14.8. The number of aliphatic hydroxyl groups excluding tert-OH is 1. The predicted octanol–water partition coefficient (Wildman–Crippen LogP) is 4.12. The summed E-state index contributed by atoms with van der Waals surface area (Å²) in [5.41, 5.74) is 2.24. The Morgan fingerprint density at radius 2 is 1.71 bits per heavy atom. The molecule has 1 unspecified atom stereocenters. The Bertz CT molecular complexity index is 888. The molecule has 3 rings (SSSR count). The van der Waals surface area contributed by atoms with Gasteiger partial charge in [-0.05, 0) is 24.3 Å². The molecule has 1 heterocycles. The molecule has 0 aliphatic heterocycles. The molecule has 0 fully saturated rings. The fraction of sp³-hybridized carbons (Fsp3) is 0.0714. The Labute approximate surface area is 141 Å². The maximum absolute atomic E-state index is 11.3. The number of halogens is 3. The summed E-state index contributed by atoms with van der Waals surface area (Å²) in [6.07, 6.45) is -0.900. The van der Waals surface area contributed by atoms with Gasteiger partial charge in [-0.3, -0.25) is 0 Å². The van der Waals surface area contributed by atoms with Gasteiger partial charge in [-0.15, -0.1) is 0 Å². The molecular formula is C14H9Br2ClN2O2. The Hall–Kier alpha value is -1.08. The molecule has 0 spiro atoms. The molecule has 0 radical (unpaired) electrons. The van der Waals surface area contributed by atoms with E-state index in [0.717, 1.165) is 4.47 Å². The molecule has 7 heteroatoms. The number of H-pyrrole nitrogens is 2. The van der Waals surface area contributed by atoms with Gasteiger partial charge >= 0.3 is 5.69 Å². The molecule has 0 saturated carbocycles. The summed E-state index contributed by atoms with van der Waals surface area (Å²) in [4.78, 5) is 16.7. The number of hydrogen-bond acceptors (Lipinski definition) is 2. The number of imidazole rings is 1. The van der Waals surface area contributed by atoms with Crippen molar-refractivity contribution in [3.8, 4) is 0 Å². The minimum absolute atomic E-state index is 0.287. The van der Waals surface area contributed by atoms with Crippen LogP contribution in [0, 0.1) is 0 Å². The van der Waals surface area contributed by atoms with Gasteiger partial charge in [0, 0.05) is 25.1 Å². The Balaban J connectivity index is 2.14. The van der Waals surface area contributed by atoms with Gasteiger partial charge in [-0.25, -0.2) is 4.79 Å². The van der Waals surface area contributed by atoms with Crippen LogP contribution in [0.4, 0.5) is 0 Å². The van der Waals surface area contributed by atoms with Crippen LogP contribution in [0.1, 0.15) is 17.2 Å². The van der Waals surface area contributed by atoms with E-state index in [2.05, 4.69) is 41.8 Å². The zero-order valence-corrected chi connectivity index (χ0v) is 14.4. The van der Waals surface area contributed by atoms with E-state index in [4.69, 9.17) is 11.6 Å². The highest BCUT2D eigenvalue weighted by Crippen LogP contribution is 2.35. The fourth-order valence-corrected chi connectivity index (χ4v) is 3.51. The topological polar surface area (TPSA) is 68.9 Å². The smallest absolute Gasteiger partial charge is 0.323 e. The average molecular weight is 432 g/mol. The van der Waals surface area contributed by atoms with Crippen molar-refractivity contribution in [1.82, 2.24) is 9.97 Å². The van der Waals surface area contributed by atoms with Crippen molar-refractivity contribution >= 4 is 54.5 Å². The van der Waals surface area contributed by atoms with E-state index in [0.29, 0.717) is 31.7 Å². The number of hydrogen-bond donors (Lipinski definition) is 3. The minimum atomic E-state index is -0.900. The lowest BCUT2D eigenvalue weighted by Crippen LogP contribution is -2.02. The summed E-state index contributed by atoms with van der Waals surface area (Å²) in [5, 5.41) is 11.0. The lowest BCUT2D eigenvalue weighted by atomic mass is 10.0. The number of aromatic nitrogens is 2. The van der Waals surface area contributed by atoms with Gasteiger partial charge in [0.15, 0.2) is 0 Å². The van der Waals surface area contributed by atoms with E-state index in [-0.39, 0.29) is 5.69 Å². The lowest BCUT2D eigenvalue weighted by molar-refractivity contribution is 0.220. The SMILES string of the molecule is O=c1[nH]c2cc(Br)c(C(O)c3ccc(Br)cc3Cl)cc2[nH]1. The standard InChI is InChI=1S/C14H9Br2ClN2O2/c15-6-1-2-7(10(17)3-6)13(20)8-4-11-12(5-9(8)16)19-14(21)18-11/h1-5,13,20H,(H2,18,19,21). The highest BCUT2D eigenvalue weighted by molar-refractivity contribution is 9.10. The van der Waals surface area contributed by atoms with Crippen LogP contribution in [0.15, 0.2) is 44.1 Å². The van der Waals surface area contributed by atoms with Gasteiger partial charge in [0.05, 0.1) is 11.0 Å². The van der Waals surface area contributed by atoms with E-state index in [1.165, 1.54) is 0 Å². The quantitative estimate of drug-likeness (QED) is 0.570. The molecule has 2 aromatic carbocycles. The third-order valence-electron chi connectivity index (χ3n) is 3.18. The van der Waals surface area contributed by atoms with Crippen LogP contribution < -0.4 is 5.69 Å². The van der Waals surface area contributed by atoms with Crippen LogP contribution >= 0.6 is 43.5 Å². The number of aliphatic hydroxyl groups is 1. The van der Waals surface area contributed by atoms with Crippen LogP contribution in [0.25, 0.3) is 11.0 Å². The van der Waals surface area contributed by atoms with Crippen LogP contribution in [-0.2, 0) is 0 Å². The van der Waals surface area contributed by atoms with E-state index < -0.39 is 6.10 Å². The first-order valence-corrected chi connectivity index (χ1v) is 7.96. The van der Waals surface area contributed by atoms with E-state index in [1.54, 1.807) is 24.3 Å². The first-order valence-electron chi connectivity index (χ1n) is 6.00. The van der Waals surface area contributed by atoms with Crippen molar-refractivity contribution < 1.29 is 5.11 Å². The first-order chi connectivity index (χ1) is 9.95. The van der Waals surface area contributed by atoms with Crippen LogP contribution in [-0.4, -0.2) is 15.1 Å². The van der Waals surface area contributed by atoms with Gasteiger partial charge < -0.3 is 15.1 Å². The highest BCUT2D eigenvalue weighted by atomic mass is 79.9. The third-order valence-corrected chi connectivity index (χ3v) is 4.69. The molecule has 108 valence electrons. The van der Waals surface area contributed by atoms with E-state index in [9.17, 15) is 9.90 Å². The predicted molar refractivity (Wildman–Crippen MR) is 89.8 cm³/mol. The molecule has 0 aliphatic rings. The van der Waals surface area contributed by atoms with Crippen molar-refractivity contribution in [2.45, 2.75) is 6.10 Å². The molecule has 0 bridgehead atoms. The summed E-state index contributed by atoms with van der Waals surface area (Å²) in [7, 11) is 0. The summed E-state index contributed by atoms with van der Waals surface area (Å²) in [6.45, 7) is 0. The fourth-order valence-electron chi connectivity index (χ4n) is 2.17. The van der Waals surface area contributed by atoms with Gasteiger partial charge in [-0.1, -0.05) is 49.5 Å². The van der Waals surface area contributed by atoms with Gasteiger partial charge in [0.2, 0.25) is 0 Å². The molecule has 0 saturated heterocycles. The number of rotatable bonds is 2. The van der Waals surface area contributed by atoms with Crippen molar-refractivity contribution in [3.63, 3.8) is 0 Å². The van der Waals surface area contributed by atoms with Crippen LogP contribution in [0.3, 0.4) is 0 Å². The lowest BCUT2D eigenvalue weighted by Gasteiger charge is -2.15. The summed E-state index contributed by atoms with van der Waals surface area (Å²) in [6, 6.07) is 8.77. The second-order valence-corrected chi connectivity index (χ2v) is 6.74. The number of aromatic amines is 2. The molecule has 0 aliphatic carbocycles. The molecule has 3 N–H and O–H groups in total. The average Bonchev–Trinajstić information content (AvgIpc) is 2.76. The zero-order valence-electron chi connectivity index (χ0n) is 10.5. The second-order valence-electron chi connectivity index (χ2n) is 4.57. The number of fused-ring (bicyclic) bond motifs is 1. The Morgan fingerprint density at radius 1 is 1.05 bits per heavy atom. The molecular weight excluding hydrogens is 423 g/mol. The third kappa shape index (κ3) is 2.81. The van der Waals surface area contributed by atoms with E-state index >= 15 is 0 Å². The largest absolute Gasteiger partial charge is 0.384 e. The van der Waals surface area contributed by atoms with Gasteiger partial charge in [0.1, 0.15) is 6.10 Å². The Morgan fingerprint density at radius 3 is 2.38 bits per heavy atom. The summed E-state index contributed by atoms with van der Waals surface area (Å²) < 4.78 is 1.53. The molecule has 0 amide bonds. The van der Waals surface area contributed by atoms with Crippen molar-refractivity contribution in [3.05, 3.63) is 65.9 Å². The highest BCUT2D eigenvalue weighted by Gasteiger charge is 2.18. The molecule has 4 nitrogen and oxygen atoms in total. The number of benzene rings is 2. The minimum Gasteiger partial charge on any atom is -0.384 e.